The first-order valence-corrected chi connectivity index (χ1v) is 8.43. The summed E-state index contributed by atoms with van der Waals surface area (Å²) in [5, 5.41) is 3.99. The van der Waals surface area contributed by atoms with Crippen LogP contribution in [0.25, 0.3) is 0 Å². The molecule has 6 heteroatoms. The zero-order chi connectivity index (χ0) is 17.4. The Labute approximate surface area is 150 Å². The summed E-state index contributed by atoms with van der Waals surface area (Å²) in [5.74, 6) is -0.265. The quantitative estimate of drug-likeness (QED) is 0.728. The summed E-state index contributed by atoms with van der Waals surface area (Å²) in [4.78, 5) is 6.54. The van der Waals surface area contributed by atoms with Crippen molar-refractivity contribution in [2.75, 3.05) is 4.90 Å². The van der Waals surface area contributed by atoms with Gasteiger partial charge in [-0.25, -0.2) is 4.39 Å². The van der Waals surface area contributed by atoms with Crippen LogP contribution < -0.4 is 10.2 Å². The van der Waals surface area contributed by atoms with Gasteiger partial charge in [0.2, 0.25) is 0 Å². The molecular weight excluding hydrogens is 335 g/mol. The highest BCUT2D eigenvalue weighted by molar-refractivity contribution is 7.80. The molecule has 1 N–H and O–H groups in total. The zero-order valence-corrected chi connectivity index (χ0v) is 14.4. The predicted octanol–water partition coefficient (Wildman–Crippen LogP) is 3.74. The first-order valence-electron chi connectivity index (χ1n) is 8.02. The molecule has 0 amide bonds. The van der Waals surface area contributed by atoms with Crippen LogP contribution in [-0.2, 0) is 7.05 Å². The minimum atomic E-state index is -0.265. The number of pyridine rings is 1. The monoisotopic (exact) mass is 352 g/mol. The maximum Gasteiger partial charge on any atom is 0.174 e. The Kier molecular flexibility index (Phi) is 3.97. The van der Waals surface area contributed by atoms with Crippen molar-refractivity contribution in [1.82, 2.24) is 14.9 Å². The van der Waals surface area contributed by atoms with E-state index in [1.165, 1.54) is 12.1 Å². The third-order valence-electron chi connectivity index (χ3n) is 4.49. The van der Waals surface area contributed by atoms with Crippen molar-refractivity contribution >= 4 is 23.0 Å². The molecule has 1 saturated heterocycles. The van der Waals surface area contributed by atoms with Gasteiger partial charge in [0, 0.05) is 30.8 Å². The van der Waals surface area contributed by atoms with Gasteiger partial charge in [-0.15, -0.1) is 0 Å². The Balaban J connectivity index is 1.83. The van der Waals surface area contributed by atoms with Crippen LogP contribution in [0.2, 0.25) is 0 Å². The van der Waals surface area contributed by atoms with Crippen molar-refractivity contribution < 1.29 is 4.39 Å². The maximum atomic E-state index is 13.4. The van der Waals surface area contributed by atoms with E-state index in [2.05, 4.69) is 20.9 Å². The van der Waals surface area contributed by atoms with E-state index in [1.54, 1.807) is 18.3 Å². The summed E-state index contributed by atoms with van der Waals surface area (Å²) < 4.78 is 15.4. The largest absolute Gasteiger partial charge is 0.353 e. The molecule has 2 aromatic heterocycles. The van der Waals surface area contributed by atoms with E-state index in [0.29, 0.717) is 5.11 Å². The number of thiocarbonyl (C=S) groups is 1. The Hall–Kier alpha value is -2.73. The minimum Gasteiger partial charge on any atom is -0.353 e. The van der Waals surface area contributed by atoms with Gasteiger partial charge in [0.25, 0.3) is 0 Å². The number of nitrogens with one attached hydrogen (secondary N) is 1. The van der Waals surface area contributed by atoms with Gasteiger partial charge in [0.15, 0.2) is 5.11 Å². The normalized spacial score (nSPS) is 19.9. The van der Waals surface area contributed by atoms with Crippen molar-refractivity contribution in [2.45, 2.75) is 12.1 Å². The number of halogens is 1. The summed E-state index contributed by atoms with van der Waals surface area (Å²) in [6.45, 7) is 0. The second-order valence-corrected chi connectivity index (χ2v) is 6.40. The van der Waals surface area contributed by atoms with Crippen LogP contribution in [0.1, 0.15) is 23.5 Å². The lowest BCUT2D eigenvalue weighted by molar-refractivity contribution is 0.541. The van der Waals surface area contributed by atoms with E-state index in [0.717, 1.165) is 17.1 Å². The fourth-order valence-corrected chi connectivity index (χ4v) is 3.66. The molecule has 0 bridgehead atoms. The number of hydrogen-bond acceptors (Lipinski definition) is 2. The highest BCUT2D eigenvalue weighted by Crippen LogP contribution is 2.41. The highest BCUT2D eigenvalue weighted by atomic mass is 32.1. The van der Waals surface area contributed by atoms with Gasteiger partial charge in [0.05, 0.1) is 11.7 Å². The molecule has 1 fully saturated rings. The molecule has 3 aromatic rings. The molecule has 1 aliphatic heterocycles. The summed E-state index contributed by atoms with van der Waals surface area (Å²) in [6, 6.07) is 16.2. The lowest BCUT2D eigenvalue weighted by Crippen LogP contribution is -2.30. The van der Waals surface area contributed by atoms with E-state index in [-0.39, 0.29) is 17.9 Å². The molecule has 0 unspecified atom stereocenters. The number of benzene rings is 1. The van der Waals surface area contributed by atoms with Crippen molar-refractivity contribution in [2.24, 2.45) is 7.05 Å². The second kappa shape index (κ2) is 6.29. The zero-order valence-electron chi connectivity index (χ0n) is 13.6. The standard InChI is InChI=1S/C19H17FN4S/c1-23-12-4-6-16(23)18-17(15-5-2-3-11-21-15)22-19(25)24(18)14-9-7-13(20)8-10-14/h2-12,17-18H,1H3,(H,22,25)/t17-,18-/m0/s1. The molecule has 0 aliphatic carbocycles. The summed E-state index contributed by atoms with van der Waals surface area (Å²) >= 11 is 5.61. The molecule has 3 heterocycles. The fourth-order valence-electron chi connectivity index (χ4n) is 3.32. The van der Waals surface area contributed by atoms with Crippen molar-refractivity contribution in [3.63, 3.8) is 0 Å². The SMILES string of the molecule is Cn1cccc1[C@H]1[C@H](c2ccccn2)NC(=S)N1c1ccc(F)cc1. The van der Waals surface area contributed by atoms with E-state index < -0.39 is 0 Å². The molecule has 2 atom stereocenters. The summed E-state index contributed by atoms with van der Waals surface area (Å²) in [5.41, 5.74) is 2.87. The number of rotatable bonds is 3. The average Bonchev–Trinajstić information content (AvgIpc) is 3.19. The number of anilines is 1. The fraction of sp³-hybridized carbons (Fsp3) is 0.158. The van der Waals surface area contributed by atoms with Crippen LogP contribution >= 0.6 is 12.2 Å². The first-order chi connectivity index (χ1) is 12.1. The van der Waals surface area contributed by atoms with Crippen molar-refractivity contribution in [1.29, 1.82) is 0 Å². The van der Waals surface area contributed by atoms with Crippen LogP contribution in [0.4, 0.5) is 10.1 Å². The van der Waals surface area contributed by atoms with Crippen LogP contribution in [0.3, 0.4) is 0 Å². The van der Waals surface area contributed by atoms with Gasteiger partial charge >= 0.3 is 0 Å². The first kappa shape index (κ1) is 15.8. The van der Waals surface area contributed by atoms with Gasteiger partial charge < -0.3 is 14.8 Å². The lowest BCUT2D eigenvalue weighted by Gasteiger charge is -2.28. The molecule has 1 aromatic carbocycles. The molecule has 0 spiro atoms. The molecule has 126 valence electrons. The van der Waals surface area contributed by atoms with E-state index in [9.17, 15) is 4.39 Å². The van der Waals surface area contributed by atoms with Crippen molar-refractivity contribution in [3.05, 3.63) is 84.2 Å². The van der Waals surface area contributed by atoms with Gasteiger partial charge in [-0.2, -0.15) is 0 Å². The van der Waals surface area contributed by atoms with E-state index in [1.807, 2.05) is 42.4 Å². The predicted molar refractivity (Wildman–Crippen MR) is 99.7 cm³/mol. The van der Waals surface area contributed by atoms with E-state index in [4.69, 9.17) is 12.2 Å². The summed E-state index contributed by atoms with van der Waals surface area (Å²) in [7, 11) is 2.01. The third-order valence-corrected chi connectivity index (χ3v) is 4.80. The van der Waals surface area contributed by atoms with Crippen LogP contribution in [0, 0.1) is 5.82 Å². The average molecular weight is 352 g/mol. The Bertz CT molecular complexity index is 891. The smallest absolute Gasteiger partial charge is 0.174 e. The maximum absolute atomic E-state index is 13.4. The molecule has 0 saturated carbocycles. The Morgan fingerprint density at radius 3 is 2.52 bits per heavy atom. The van der Waals surface area contributed by atoms with Crippen LogP contribution in [0.15, 0.2) is 67.0 Å². The van der Waals surface area contributed by atoms with Crippen LogP contribution in [-0.4, -0.2) is 14.7 Å². The molecule has 25 heavy (non-hydrogen) atoms. The number of aromatic nitrogens is 2. The topological polar surface area (TPSA) is 33.1 Å². The molecule has 4 nitrogen and oxygen atoms in total. The molecule has 1 aliphatic rings. The molecular formula is C19H17FN4S. The van der Waals surface area contributed by atoms with Gasteiger partial charge in [0.1, 0.15) is 11.9 Å². The van der Waals surface area contributed by atoms with Gasteiger partial charge in [-0.05, 0) is 60.7 Å². The lowest BCUT2D eigenvalue weighted by atomic mass is 10.0. The Morgan fingerprint density at radius 2 is 1.88 bits per heavy atom. The number of nitrogens with zero attached hydrogens (tertiary/aromatic N) is 3. The third kappa shape index (κ3) is 2.78. The second-order valence-electron chi connectivity index (χ2n) is 6.02. The Morgan fingerprint density at radius 1 is 1.08 bits per heavy atom. The summed E-state index contributed by atoms with van der Waals surface area (Å²) in [6.07, 6.45) is 3.79. The molecule has 0 radical (unpaired) electrons. The van der Waals surface area contributed by atoms with Gasteiger partial charge in [-0.3, -0.25) is 4.98 Å². The number of aryl methyl sites for hydroxylation is 1. The minimum absolute atomic E-state index is 0.0761. The molecule has 4 rings (SSSR count). The van der Waals surface area contributed by atoms with Crippen molar-refractivity contribution in [3.8, 4) is 0 Å². The van der Waals surface area contributed by atoms with E-state index >= 15 is 0 Å². The number of hydrogen-bond donors (Lipinski definition) is 1. The highest BCUT2D eigenvalue weighted by Gasteiger charge is 2.41. The van der Waals surface area contributed by atoms with Crippen LogP contribution in [0.5, 0.6) is 0 Å². The van der Waals surface area contributed by atoms with Gasteiger partial charge in [-0.1, -0.05) is 6.07 Å².